The van der Waals surface area contributed by atoms with Crippen LogP contribution in [0.25, 0.3) is 0 Å². The molecule has 1 heterocycles. The Kier molecular flexibility index (Phi) is 4.55. The number of ether oxygens (including phenoxy) is 1. The van der Waals surface area contributed by atoms with E-state index in [1.165, 1.54) is 5.56 Å². The van der Waals surface area contributed by atoms with Crippen molar-refractivity contribution in [3.8, 4) is 0 Å². The minimum atomic E-state index is -0.00270. The van der Waals surface area contributed by atoms with Crippen molar-refractivity contribution in [2.24, 2.45) is 0 Å². The summed E-state index contributed by atoms with van der Waals surface area (Å²) in [6.07, 6.45) is 3.44. The molecule has 4 nitrogen and oxygen atoms in total. The number of aromatic amines is 1. The van der Waals surface area contributed by atoms with Gasteiger partial charge in [-0.15, -0.1) is 0 Å². The number of nitrogens with one attached hydrogen (secondary N) is 2. The van der Waals surface area contributed by atoms with E-state index in [1.54, 1.807) is 6.07 Å². The first-order chi connectivity index (χ1) is 8.70. The first kappa shape index (κ1) is 13.3. The van der Waals surface area contributed by atoms with Crippen LogP contribution in [0.15, 0.2) is 16.9 Å². The molecule has 2 N–H and O–H groups in total. The fourth-order valence-corrected chi connectivity index (χ4v) is 2.56. The quantitative estimate of drug-likeness (QED) is 0.837. The van der Waals surface area contributed by atoms with Gasteiger partial charge in [0.2, 0.25) is 5.56 Å². The second-order valence-corrected chi connectivity index (χ2v) is 4.88. The van der Waals surface area contributed by atoms with Crippen molar-refractivity contribution >= 4 is 0 Å². The van der Waals surface area contributed by atoms with Crippen LogP contribution in [0.2, 0.25) is 0 Å². The molecular formula is C14H22N2O2. The van der Waals surface area contributed by atoms with Gasteiger partial charge in [-0.25, -0.2) is 0 Å². The number of pyridine rings is 1. The number of aryl methyl sites for hydroxylation is 1. The lowest BCUT2D eigenvalue weighted by atomic mass is 9.91. The zero-order valence-corrected chi connectivity index (χ0v) is 11.2. The van der Waals surface area contributed by atoms with E-state index in [9.17, 15) is 4.79 Å². The van der Waals surface area contributed by atoms with E-state index in [-0.39, 0.29) is 11.7 Å². The van der Waals surface area contributed by atoms with Crippen LogP contribution in [0, 0.1) is 0 Å². The van der Waals surface area contributed by atoms with Gasteiger partial charge >= 0.3 is 0 Å². The molecular weight excluding hydrogens is 228 g/mol. The molecule has 1 aromatic rings. The van der Waals surface area contributed by atoms with Crippen molar-refractivity contribution in [2.45, 2.75) is 45.3 Å². The second-order valence-electron chi connectivity index (χ2n) is 4.88. The van der Waals surface area contributed by atoms with Crippen molar-refractivity contribution in [1.29, 1.82) is 0 Å². The predicted molar refractivity (Wildman–Crippen MR) is 71.8 cm³/mol. The lowest BCUT2D eigenvalue weighted by Gasteiger charge is -2.27. The molecule has 0 saturated heterocycles. The number of rotatable bonds is 5. The summed E-state index contributed by atoms with van der Waals surface area (Å²) < 4.78 is 5.52. The zero-order valence-electron chi connectivity index (χ0n) is 11.2. The molecule has 1 aliphatic carbocycles. The Labute approximate surface area is 108 Å². The predicted octanol–water partition coefficient (Wildman–Crippen LogP) is 1.77. The van der Waals surface area contributed by atoms with E-state index in [2.05, 4.69) is 17.2 Å². The van der Waals surface area contributed by atoms with Gasteiger partial charge in [0.25, 0.3) is 0 Å². The Hall–Kier alpha value is -1.13. The number of fused-ring (bicyclic) bond motifs is 1. The Balaban J connectivity index is 2.01. The summed E-state index contributed by atoms with van der Waals surface area (Å²) in [4.78, 5) is 14.2. The molecule has 0 amide bonds. The fourth-order valence-electron chi connectivity index (χ4n) is 2.56. The minimum absolute atomic E-state index is 0.00270. The van der Waals surface area contributed by atoms with Gasteiger partial charge in [0, 0.05) is 31.0 Å². The molecule has 100 valence electrons. The first-order valence-corrected chi connectivity index (χ1v) is 6.77. The van der Waals surface area contributed by atoms with Crippen molar-refractivity contribution in [3.05, 3.63) is 33.7 Å². The second kappa shape index (κ2) is 6.16. The molecule has 1 aromatic heterocycles. The first-order valence-electron chi connectivity index (χ1n) is 6.77. The summed E-state index contributed by atoms with van der Waals surface area (Å²) in [5.74, 6) is 0. The van der Waals surface area contributed by atoms with Crippen LogP contribution in [0.1, 0.15) is 44.0 Å². The van der Waals surface area contributed by atoms with E-state index in [0.29, 0.717) is 6.04 Å². The van der Waals surface area contributed by atoms with E-state index in [1.807, 2.05) is 13.0 Å². The Morgan fingerprint density at radius 1 is 1.56 bits per heavy atom. The molecule has 2 unspecified atom stereocenters. The molecule has 0 bridgehead atoms. The Morgan fingerprint density at radius 2 is 2.39 bits per heavy atom. The molecule has 0 saturated carbocycles. The highest BCUT2D eigenvalue weighted by molar-refractivity contribution is 5.26. The van der Waals surface area contributed by atoms with Gasteiger partial charge in [0.05, 0.1) is 6.10 Å². The number of aromatic nitrogens is 1. The molecule has 0 radical (unpaired) electrons. The van der Waals surface area contributed by atoms with Crippen LogP contribution in [0.3, 0.4) is 0 Å². The maximum Gasteiger partial charge on any atom is 0.248 e. The molecule has 2 atom stereocenters. The van der Waals surface area contributed by atoms with Gasteiger partial charge in [-0.05, 0) is 38.7 Å². The van der Waals surface area contributed by atoms with Crippen LogP contribution in [-0.2, 0) is 11.2 Å². The molecule has 4 heteroatoms. The number of H-pyrrole nitrogens is 1. The average Bonchev–Trinajstić information content (AvgIpc) is 2.36. The number of hydrogen-bond acceptors (Lipinski definition) is 3. The lowest BCUT2D eigenvalue weighted by molar-refractivity contribution is 0.0734. The highest BCUT2D eigenvalue weighted by atomic mass is 16.5. The lowest BCUT2D eigenvalue weighted by Crippen LogP contribution is -2.33. The summed E-state index contributed by atoms with van der Waals surface area (Å²) in [5, 5.41) is 3.53. The van der Waals surface area contributed by atoms with E-state index >= 15 is 0 Å². The Bertz CT molecular complexity index is 442. The summed E-state index contributed by atoms with van der Waals surface area (Å²) in [6, 6.07) is 3.91. The molecule has 0 aromatic carbocycles. The van der Waals surface area contributed by atoms with Gasteiger partial charge in [-0.3, -0.25) is 4.79 Å². The van der Waals surface area contributed by atoms with Crippen molar-refractivity contribution in [2.75, 3.05) is 13.2 Å². The van der Waals surface area contributed by atoms with Gasteiger partial charge in [0.15, 0.2) is 0 Å². The third-order valence-electron chi connectivity index (χ3n) is 3.43. The molecule has 0 aliphatic heterocycles. The van der Waals surface area contributed by atoms with Crippen LogP contribution in [0.5, 0.6) is 0 Å². The van der Waals surface area contributed by atoms with Crippen LogP contribution >= 0.6 is 0 Å². The van der Waals surface area contributed by atoms with Crippen LogP contribution in [-0.4, -0.2) is 24.2 Å². The molecule has 1 aliphatic rings. The van der Waals surface area contributed by atoms with Gasteiger partial charge in [-0.1, -0.05) is 6.07 Å². The normalized spacial score (nSPS) is 20.4. The molecule has 18 heavy (non-hydrogen) atoms. The maximum atomic E-state index is 11.3. The monoisotopic (exact) mass is 250 g/mol. The highest BCUT2D eigenvalue weighted by Gasteiger charge is 2.20. The van der Waals surface area contributed by atoms with Crippen molar-refractivity contribution in [3.63, 3.8) is 0 Å². The van der Waals surface area contributed by atoms with Gasteiger partial charge < -0.3 is 15.0 Å². The summed E-state index contributed by atoms with van der Waals surface area (Å²) >= 11 is 0. The topological polar surface area (TPSA) is 54.1 Å². The number of hydrogen-bond donors (Lipinski definition) is 2. The molecule has 2 rings (SSSR count). The maximum absolute atomic E-state index is 11.3. The van der Waals surface area contributed by atoms with Crippen molar-refractivity contribution in [1.82, 2.24) is 10.3 Å². The van der Waals surface area contributed by atoms with Gasteiger partial charge in [-0.2, -0.15) is 0 Å². The third kappa shape index (κ3) is 3.21. The summed E-state index contributed by atoms with van der Waals surface area (Å²) in [7, 11) is 0. The highest BCUT2D eigenvalue weighted by Crippen LogP contribution is 2.27. The standard InChI is InChI=1S/C14H22N2O2/c1-3-18-10(2)9-15-12-5-4-6-13-11(12)7-8-14(17)16-13/h7-8,10,12,15H,3-6,9H2,1-2H3,(H,16,17). The largest absolute Gasteiger partial charge is 0.377 e. The van der Waals surface area contributed by atoms with Crippen molar-refractivity contribution < 1.29 is 4.74 Å². The van der Waals surface area contributed by atoms with E-state index in [4.69, 9.17) is 4.74 Å². The third-order valence-corrected chi connectivity index (χ3v) is 3.43. The SMILES string of the molecule is CCOC(C)CNC1CCCc2[nH]c(=O)ccc21. The van der Waals surface area contributed by atoms with E-state index < -0.39 is 0 Å². The summed E-state index contributed by atoms with van der Waals surface area (Å²) in [6.45, 7) is 5.68. The average molecular weight is 250 g/mol. The van der Waals surface area contributed by atoms with E-state index in [0.717, 1.165) is 38.1 Å². The molecule has 0 spiro atoms. The minimum Gasteiger partial charge on any atom is -0.377 e. The zero-order chi connectivity index (χ0) is 13.0. The Morgan fingerprint density at radius 3 is 3.17 bits per heavy atom. The van der Waals surface area contributed by atoms with Crippen LogP contribution < -0.4 is 10.9 Å². The summed E-state index contributed by atoms with van der Waals surface area (Å²) in [5.41, 5.74) is 2.33. The fraction of sp³-hybridized carbons (Fsp3) is 0.643. The van der Waals surface area contributed by atoms with Crippen LogP contribution in [0.4, 0.5) is 0 Å². The smallest absolute Gasteiger partial charge is 0.248 e. The van der Waals surface area contributed by atoms with Gasteiger partial charge in [0.1, 0.15) is 0 Å². The molecule has 0 fully saturated rings.